The zero-order chi connectivity index (χ0) is 18.0. The summed E-state index contributed by atoms with van der Waals surface area (Å²) in [6.45, 7) is 2.89. The first-order chi connectivity index (χ1) is 11.9. The van der Waals surface area contributed by atoms with Crippen molar-refractivity contribution in [3.8, 4) is 0 Å². The predicted octanol–water partition coefficient (Wildman–Crippen LogP) is 2.25. The van der Waals surface area contributed by atoms with Crippen molar-refractivity contribution in [2.45, 2.75) is 30.7 Å². The molecule has 25 heavy (non-hydrogen) atoms. The topological polar surface area (TPSA) is 116 Å². The maximum absolute atomic E-state index is 12.6. The zero-order valence-corrected chi connectivity index (χ0v) is 14.4. The summed E-state index contributed by atoms with van der Waals surface area (Å²) in [5.41, 5.74) is 0.469. The molecule has 2 heterocycles. The van der Waals surface area contributed by atoms with Crippen LogP contribution in [0.15, 0.2) is 35.5 Å². The Labute approximate surface area is 144 Å². The average Bonchev–Trinajstić information content (AvgIpc) is 3.03. The summed E-state index contributed by atoms with van der Waals surface area (Å²) in [5.74, 6) is 0. The van der Waals surface area contributed by atoms with Crippen molar-refractivity contribution >= 4 is 21.4 Å². The second kappa shape index (κ2) is 6.81. The lowest BCUT2D eigenvalue weighted by Gasteiger charge is -2.22. The molecular formula is C15H18N4O5S. The van der Waals surface area contributed by atoms with E-state index in [0.29, 0.717) is 24.5 Å². The van der Waals surface area contributed by atoms with Crippen LogP contribution in [0.5, 0.6) is 0 Å². The van der Waals surface area contributed by atoms with Gasteiger partial charge in [0.05, 0.1) is 27.7 Å². The average molecular weight is 366 g/mol. The second-order valence-corrected chi connectivity index (χ2v) is 7.52. The standard InChI is InChI=1S/C15H18N4O5S/c1-11-2-3-14(19(20)21)8-15(11)25(22,23)17-12-9-16-18(10-12)13-4-6-24-7-5-13/h2-3,8-10,13,17H,4-7H2,1H3. The molecule has 0 amide bonds. The van der Waals surface area contributed by atoms with Gasteiger partial charge in [-0.15, -0.1) is 0 Å². The molecule has 134 valence electrons. The molecule has 1 N–H and O–H groups in total. The van der Waals surface area contributed by atoms with Gasteiger partial charge in [-0.25, -0.2) is 8.42 Å². The van der Waals surface area contributed by atoms with Gasteiger partial charge in [0.15, 0.2) is 0 Å². The van der Waals surface area contributed by atoms with Crippen LogP contribution < -0.4 is 4.72 Å². The van der Waals surface area contributed by atoms with Gasteiger partial charge in [-0.05, 0) is 25.3 Å². The Balaban J connectivity index is 1.83. The van der Waals surface area contributed by atoms with Gasteiger partial charge in [-0.2, -0.15) is 5.10 Å². The van der Waals surface area contributed by atoms with Crippen LogP contribution >= 0.6 is 0 Å². The van der Waals surface area contributed by atoms with E-state index in [1.54, 1.807) is 17.8 Å². The molecule has 1 fully saturated rings. The lowest BCUT2D eigenvalue weighted by Crippen LogP contribution is -2.20. The Kier molecular flexibility index (Phi) is 4.73. The number of aromatic nitrogens is 2. The van der Waals surface area contributed by atoms with Crippen LogP contribution in [0.2, 0.25) is 0 Å². The Morgan fingerprint density at radius 3 is 2.76 bits per heavy atom. The first-order valence-electron chi connectivity index (χ1n) is 7.76. The fraction of sp³-hybridized carbons (Fsp3) is 0.400. The summed E-state index contributed by atoms with van der Waals surface area (Å²) in [5, 5.41) is 15.1. The van der Waals surface area contributed by atoms with E-state index >= 15 is 0 Å². The molecule has 0 bridgehead atoms. The van der Waals surface area contributed by atoms with E-state index in [0.717, 1.165) is 18.9 Å². The van der Waals surface area contributed by atoms with Crippen LogP contribution in [0.25, 0.3) is 0 Å². The quantitative estimate of drug-likeness (QED) is 0.641. The third-order valence-corrected chi connectivity index (χ3v) is 5.61. The number of hydrogen-bond donors (Lipinski definition) is 1. The zero-order valence-electron chi connectivity index (χ0n) is 13.6. The molecule has 10 heteroatoms. The van der Waals surface area contributed by atoms with Crippen molar-refractivity contribution in [1.82, 2.24) is 9.78 Å². The minimum absolute atomic E-state index is 0.125. The first kappa shape index (κ1) is 17.4. The Hall–Kier alpha value is -2.46. The number of hydrogen-bond acceptors (Lipinski definition) is 6. The van der Waals surface area contributed by atoms with Crippen LogP contribution in [0, 0.1) is 17.0 Å². The highest BCUT2D eigenvalue weighted by Crippen LogP contribution is 2.25. The van der Waals surface area contributed by atoms with Crippen molar-refractivity contribution in [3.05, 3.63) is 46.3 Å². The number of nitro groups is 1. The number of rotatable bonds is 5. The van der Waals surface area contributed by atoms with Crippen molar-refractivity contribution in [3.63, 3.8) is 0 Å². The lowest BCUT2D eigenvalue weighted by atomic mass is 10.1. The minimum Gasteiger partial charge on any atom is -0.381 e. The number of aryl methyl sites for hydroxylation is 1. The highest BCUT2D eigenvalue weighted by molar-refractivity contribution is 7.92. The van der Waals surface area contributed by atoms with Crippen LogP contribution in [-0.4, -0.2) is 36.3 Å². The van der Waals surface area contributed by atoms with Gasteiger partial charge in [0.25, 0.3) is 15.7 Å². The largest absolute Gasteiger partial charge is 0.381 e. The normalized spacial score (nSPS) is 15.9. The highest BCUT2D eigenvalue weighted by Gasteiger charge is 2.22. The van der Waals surface area contributed by atoms with E-state index in [9.17, 15) is 18.5 Å². The van der Waals surface area contributed by atoms with Crippen LogP contribution in [0.1, 0.15) is 24.4 Å². The number of nitrogens with one attached hydrogen (secondary N) is 1. The number of benzene rings is 1. The van der Waals surface area contributed by atoms with E-state index < -0.39 is 14.9 Å². The number of anilines is 1. The summed E-state index contributed by atoms with van der Waals surface area (Å²) < 4.78 is 34.6. The van der Waals surface area contributed by atoms with Crippen LogP contribution in [0.3, 0.4) is 0 Å². The summed E-state index contributed by atoms with van der Waals surface area (Å²) in [6, 6.07) is 3.92. The molecular weight excluding hydrogens is 348 g/mol. The first-order valence-corrected chi connectivity index (χ1v) is 9.25. The number of nitrogens with zero attached hydrogens (tertiary/aromatic N) is 3. The monoisotopic (exact) mass is 366 g/mol. The number of non-ortho nitro benzene ring substituents is 1. The van der Waals surface area contributed by atoms with E-state index in [1.165, 1.54) is 18.3 Å². The molecule has 1 aromatic carbocycles. The molecule has 0 aliphatic carbocycles. The molecule has 0 atom stereocenters. The number of ether oxygens (including phenoxy) is 1. The summed E-state index contributed by atoms with van der Waals surface area (Å²) in [7, 11) is -3.95. The van der Waals surface area contributed by atoms with Crippen molar-refractivity contribution in [2.24, 2.45) is 0 Å². The molecule has 0 radical (unpaired) electrons. The van der Waals surface area contributed by atoms with Gasteiger partial charge in [0.1, 0.15) is 0 Å². The van der Waals surface area contributed by atoms with Gasteiger partial charge in [0, 0.05) is 31.5 Å². The van der Waals surface area contributed by atoms with Gasteiger partial charge in [-0.3, -0.25) is 19.5 Å². The van der Waals surface area contributed by atoms with Crippen molar-refractivity contribution in [1.29, 1.82) is 0 Å². The van der Waals surface area contributed by atoms with Gasteiger partial charge >= 0.3 is 0 Å². The molecule has 0 spiro atoms. The van der Waals surface area contributed by atoms with Gasteiger partial charge in [-0.1, -0.05) is 6.07 Å². The lowest BCUT2D eigenvalue weighted by molar-refractivity contribution is -0.385. The summed E-state index contributed by atoms with van der Waals surface area (Å²) in [4.78, 5) is 10.1. The van der Waals surface area contributed by atoms with E-state index in [-0.39, 0.29) is 16.6 Å². The predicted molar refractivity (Wildman–Crippen MR) is 90.0 cm³/mol. The number of nitro benzene ring substituents is 1. The SMILES string of the molecule is Cc1ccc([N+](=O)[O-])cc1S(=O)(=O)Nc1cnn(C2CCOCC2)c1. The maximum Gasteiger partial charge on any atom is 0.270 e. The third kappa shape index (κ3) is 3.80. The molecule has 9 nitrogen and oxygen atoms in total. The fourth-order valence-electron chi connectivity index (χ4n) is 2.74. The van der Waals surface area contributed by atoms with Crippen molar-refractivity contribution in [2.75, 3.05) is 17.9 Å². The second-order valence-electron chi connectivity index (χ2n) is 5.86. The third-order valence-electron chi connectivity index (χ3n) is 4.09. The molecule has 0 unspecified atom stereocenters. The van der Waals surface area contributed by atoms with Crippen molar-refractivity contribution < 1.29 is 18.1 Å². The molecule has 1 saturated heterocycles. The smallest absolute Gasteiger partial charge is 0.270 e. The van der Waals surface area contributed by atoms with Gasteiger partial charge < -0.3 is 4.74 Å². The molecule has 1 aliphatic rings. The van der Waals surface area contributed by atoms with E-state index in [1.807, 2.05) is 0 Å². The Bertz CT molecular complexity index is 887. The number of sulfonamides is 1. The molecule has 0 saturated carbocycles. The molecule has 1 aliphatic heterocycles. The fourth-order valence-corrected chi connectivity index (χ4v) is 4.04. The van der Waals surface area contributed by atoms with Gasteiger partial charge in [0.2, 0.25) is 0 Å². The molecule has 2 aromatic rings. The molecule has 1 aromatic heterocycles. The maximum atomic E-state index is 12.6. The Morgan fingerprint density at radius 1 is 1.36 bits per heavy atom. The van der Waals surface area contributed by atoms with E-state index in [2.05, 4.69) is 9.82 Å². The summed E-state index contributed by atoms with van der Waals surface area (Å²) >= 11 is 0. The summed E-state index contributed by atoms with van der Waals surface area (Å²) in [6.07, 6.45) is 4.69. The Morgan fingerprint density at radius 2 is 2.08 bits per heavy atom. The minimum atomic E-state index is -3.95. The van der Waals surface area contributed by atoms with Crippen LogP contribution in [-0.2, 0) is 14.8 Å². The highest BCUT2D eigenvalue weighted by atomic mass is 32.2. The van der Waals surface area contributed by atoms with Crippen LogP contribution in [0.4, 0.5) is 11.4 Å². The van der Waals surface area contributed by atoms with E-state index in [4.69, 9.17) is 4.74 Å². The molecule has 3 rings (SSSR count).